The van der Waals surface area contributed by atoms with Crippen LogP contribution in [0.2, 0.25) is 0 Å². The highest BCUT2D eigenvalue weighted by Gasteiger charge is 2.37. The van der Waals surface area contributed by atoms with Gasteiger partial charge < -0.3 is 15.5 Å². The van der Waals surface area contributed by atoms with E-state index in [1.807, 2.05) is 13.3 Å². The van der Waals surface area contributed by atoms with Crippen molar-refractivity contribution in [3.05, 3.63) is 48.0 Å². The number of nitrogens with one attached hydrogen (secondary N) is 3. The molecule has 0 aliphatic heterocycles. The zero-order chi connectivity index (χ0) is 29.9. The maximum Gasteiger partial charge on any atom is 0.416 e. The molecule has 3 aromatic rings. The lowest BCUT2D eigenvalue weighted by Gasteiger charge is -2.41. The number of anilines is 1. The van der Waals surface area contributed by atoms with E-state index in [1.54, 1.807) is 24.3 Å². The molecule has 1 saturated carbocycles. The molecule has 1 unspecified atom stereocenters. The number of amides is 1. The van der Waals surface area contributed by atoms with Crippen LogP contribution in [0.1, 0.15) is 38.7 Å². The number of benzene rings is 2. The number of thioether (sulfide) groups is 1. The molecule has 0 spiro atoms. The second kappa shape index (κ2) is 12.6. The van der Waals surface area contributed by atoms with Gasteiger partial charge in [0.05, 0.1) is 28.3 Å². The minimum atomic E-state index is -4.51. The normalized spacial score (nSPS) is 20.1. The smallest absolute Gasteiger partial charge is 0.359 e. The maximum atomic E-state index is 13.4. The van der Waals surface area contributed by atoms with Gasteiger partial charge in [-0.3, -0.25) is 9.89 Å². The van der Waals surface area contributed by atoms with Crippen LogP contribution >= 0.6 is 11.8 Å². The van der Waals surface area contributed by atoms with Crippen molar-refractivity contribution in [2.45, 2.75) is 67.2 Å². The third-order valence-electron chi connectivity index (χ3n) is 7.85. The summed E-state index contributed by atoms with van der Waals surface area (Å²) < 4.78 is 66.4. The third kappa shape index (κ3) is 7.55. The minimum absolute atomic E-state index is 0.101. The van der Waals surface area contributed by atoms with Crippen molar-refractivity contribution in [3.8, 4) is 0 Å². The second-order valence-corrected chi connectivity index (χ2v) is 13.7. The van der Waals surface area contributed by atoms with Gasteiger partial charge in [0.15, 0.2) is 15.7 Å². The molecular formula is C28H36F3N5O3S2. The predicted molar refractivity (Wildman–Crippen MR) is 156 cm³/mol. The summed E-state index contributed by atoms with van der Waals surface area (Å²) in [6.07, 6.45) is -0.558. The van der Waals surface area contributed by atoms with Crippen LogP contribution in [0.25, 0.3) is 10.9 Å². The van der Waals surface area contributed by atoms with Crippen molar-refractivity contribution in [2.75, 3.05) is 30.9 Å². The molecule has 0 saturated heterocycles. The van der Waals surface area contributed by atoms with Gasteiger partial charge in [-0.25, -0.2) is 8.42 Å². The molecule has 1 aliphatic rings. The Morgan fingerprint density at radius 1 is 1.17 bits per heavy atom. The summed E-state index contributed by atoms with van der Waals surface area (Å²) in [6.45, 7) is 3.96. The maximum absolute atomic E-state index is 13.4. The van der Waals surface area contributed by atoms with Crippen molar-refractivity contribution in [1.29, 1.82) is 0 Å². The van der Waals surface area contributed by atoms with Crippen molar-refractivity contribution < 1.29 is 26.4 Å². The number of H-pyrrole nitrogens is 1. The first kappa shape index (κ1) is 31.2. The number of fused-ring (bicyclic) bond motifs is 1. The second-order valence-electron chi connectivity index (χ2n) is 10.8. The summed E-state index contributed by atoms with van der Waals surface area (Å²) in [4.78, 5) is 16.5. The van der Waals surface area contributed by atoms with Gasteiger partial charge in [-0.05, 0) is 94.8 Å². The molecule has 8 nitrogen and oxygen atoms in total. The predicted octanol–water partition coefficient (Wildman–Crippen LogP) is 5.18. The van der Waals surface area contributed by atoms with E-state index in [2.05, 4.69) is 39.6 Å². The lowest BCUT2D eigenvalue weighted by atomic mass is 9.81. The van der Waals surface area contributed by atoms with Crippen LogP contribution in [0, 0.1) is 5.92 Å². The first-order chi connectivity index (χ1) is 19.3. The molecule has 3 atom stereocenters. The number of alkyl halides is 3. The van der Waals surface area contributed by atoms with Crippen LogP contribution < -0.4 is 10.6 Å². The number of hydrogen-bond acceptors (Lipinski definition) is 7. The highest BCUT2D eigenvalue weighted by Crippen LogP contribution is 2.34. The number of aromatic nitrogens is 2. The van der Waals surface area contributed by atoms with E-state index in [0.29, 0.717) is 18.4 Å². The Bertz CT molecular complexity index is 1460. The Labute approximate surface area is 242 Å². The Morgan fingerprint density at radius 3 is 2.51 bits per heavy atom. The Kier molecular flexibility index (Phi) is 9.59. The van der Waals surface area contributed by atoms with Gasteiger partial charge >= 0.3 is 6.18 Å². The van der Waals surface area contributed by atoms with Crippen molar-refractivity contribution in [3.63, 3.8) is 0 Å². The van der Waals surface area contributed by atoms with E-state index >= 15 is 0 Å². The first-order valence-corrected chi connectivity index (χ1v) is 16.3. The molecule has 0 bridgehead atoms. The molecule has 1 fully saturated rings. The van der Waals surface area contributed by atoms with E-state index in [0.717, 1.165) is 23.4 Å². The largest absolute Gasteiger partial charge is 0.416 e. The Hall–Kier alpha value is -2.77. The fourth-order valence-corrected chi connectivity index (χ4v) is 7.40. The third-order valence-corrected chi connectivity index (χ3v) is 10.5. The molecule has 2 aromatic carbocycles. The highest BCUT2D eigenvalue weighted by molar-refractivity contribution is 7.98. The summed E-state index contributed by atoms with van der Waals surface area (Å²) in [5.74, 6) is -0.669. The SMILES string of the molecule is CSc1ccc(S(=O)(=O)C[C@@H]2C[C@H](N(C)C(C)C)CCC2NC(=O)CNc2n[nH]c3ccc(C(F)(F)F)cc23)cc1. The molecule has 1 heterocycles. The average molecular weight is 612 g/mol. The van der Waals surface area contributed by atoms with Crippen LogP contribution in [-0.4, -0.2) is 73.1 Å². The van der Waals surface area contributed by atoms with Crippen molar-refractivity contribution >= 4 is 44.2 Å². The molecule has 13 heteroatoms. The van der Waals surface area contributed by atoms with Gasteiger partial charge in [-0.1, -0.05) is 0 Å². The van der Waals surface area contributed by atoms with Crippen LogP contribution in [0.15, 0.2) is 52.3 Å². The number of carbonyl (C=O) groups excluding carboxylic acids is 1. The van der Waals surface area contributed by atoms with E-state index in [-0.39, 0.29) is 58.3 Å². The zero-order valence-electron chi connectivity index (χ0n) is 23.5. The molecule has 1 aliphatic carbocycles. The molecule has 4 rings (SSSR count). The molecular weight excluding hydrogens is 575 g/mol. The lowest BCUT2D eigenvalue weighted by molar-refractivity contribution is -0.137. The topological polar surface area (TPSA) is 107 Å². The number of halogens is 3. The van der Waals surface area contributed by atoms with Crippen molar-refractivity contribution in [2.24, 2.45) is 5.92 Å². The van der Waals surface area contributed by atoms with Gasteiger partial charge in [0.25, 0.3) is 0 Å². The van der Waals surface area contributed by atoms with Gasteiger partial charge in [-0.15, -0.1) is 11.8 Å². The van der Waals surface area contributed by atoms with E-state index in [1.165, 1.54) is 17.8 Å². The van der Waals surface area contributed by atoms with Gasteiger partial charge in [0.1, 0.15) is 0 Å². The quantitative estimate of drug-likeness (QED) is 0.271. The van der Waals surface area contributed by atoms with E-state index in [4.69, 9.17) is 0 Å². The van der Waals surface area contributed by atoms with Crippen molar-refractivity contribution in [1.82, 2.24) is 20.4 Å². The standard InChI is InChI=1S/C28H36F3N5O3S2/c1-17(2)36(3)20-6-12-24(18(13-20)16-41(38,39)22-9-7-21(40-4)8-10-22)33-26(37)15-32-27-23-14-19(28(29,30)31)5-11-25(23)34-35-27/h5,7-11,14,17-18,20,24H,6,12-13,15-16H2,1-4H3,(H,33,37)(H2,32,34,35)/t18-,20+,24?/m0/s1. The van der Waals surface area contributed by atoms with Crippen LogP contribution in [0.4, 0.5) is 19.0 Å². The Balaban J connectivity index is 1.47. The highest BCUT2D eigenvalue weighted by atomic mass is 32.2. The van der Waals surface area contributed by atoms with Crippen LogP contribution in [0.5, 0.6) is 0 Å². The molecule has 1 amide bonds. The summed E-state index contributed by atoms with van der Waals surface area (Å²) in [6, 6.07) is 10.2. The molecule has 41 heavy (non-hydrogen) atoms. The minimum Gasteiger partial charge on any atom is -0.359 e. The fraction of sp³-hybridized carbons (Fsp3) is 0.500. The first-order valence-electron chi connectivity index (χ1n) is 13.5. The lowest BCUT2D eigenvalue weighted by Crippen LogP contribution is -2.51. The van der Waals surface area contributed by atoms with E-state index in [9.17, 15) is 26.4 Å². The summed E-state index contributed by atoms with van der Waals surface area (Å²) in [5.41, 5.74) is -0.404. The molecule has 0 radical (unpaired) electrons. The number of sulfone groups is 1. The number of aromatic amines is 1. The van der Waals surface area contributed by atoms with Gasteiger partial charge in [0.2, 0.25) is 5.91 Å². The number of carbonyl (C=O) groups is 1. The Morgan fingerprint density at radius 2 is 1.88 bits per heavy atom. The zero-order valence-corrected chi connectivity index (χ0v) is 25.1. The summed E-state index contributed by atoms with van der Waals surface area (Å²) in [5, 5.41) is 12.7. The van der Waals surface area contributed by atoms with Gasteiger partial charge in [-0.2, -0.15) is 18.3 Å². The number of rotatable bonds is 10. The van der Waals surface area contributed by atoms with Crippen LogP contribution in [0.3, 0.4) is 0 Å². The monoisotopic (exact) mass is 611 g/mol. The molecule has 224 valence electrons. The summed E-state index contributed by atoms with van der Waals surface area (Å²) >= 11 is 1.53. The number of hydrogen-bond donors (Lipinski definition) is 3. The van der Waals surface area contributed by atoms with Crippen LogP contribution in [-0.2, 0) is 20.8 Å². The average Bonchev–Trinajstić information content (AvgIpc) is 3.34. The summed E-state index contributed by atoms with van der Waals surface area (Å²) in [7, 11) is -1.58. The molecule has 1 aromatic heterocycles. The molecule has 3 N–H and O–H groups in total. The van der Waals surface area contributed by atoms with E-state index < -0.39 is 21.6 Å². The number of nitrogens with zero attached hydrogens (tertiary/aromatic N) is 2. The fourth-order valence-electron chi connectivity index (χ4n) is 5.31. The van der Waals surface area contributed by atoms with Gasteiger partial charge in [0, 0.05) is 28.4 Å².